The van der Waals surface area contributed by atoms with Gasteiger partial charge in [0.2, 0.25) is 0 Å². The lowest BCUT2D eigenvalue weighted by Gasteiger charge is -2.52. The lowest BCUT2D eigenvalue weighted by Crippen LogP contribution is -2.67. The Hall–Kier alpha value is -2.48. The minimum absolute atomic E-state index is 0.00417. The van der Waals surface area contributed by atoms with Gasteiger partial charge in [-0.2, -0.15) is 5.10 Å². The van der Waals surface area contributed by atoms with Crippen molar-refractivity contribution < 1.29 is 14.3 Å². The molecular formula is C17H21N5O3. The zero-order valence-corrected chi connectivity index (χ0v) is 14.4. The highest BCUT2D eigenvalue weighted by molar-refractivity contribution is 5.93. The van der Waals surface area contributed by atoms with E-state index < -0.39 is 0 Å². The highest BCUT2D eigenvalue weighted by atomic mass is 16.5. The number of amides is 1. The van der Waals surface area contributed by atoms with Crippen LogP contribution in [0.3, 0.4) is 0 Å². The minimum Gasteiger partial charge on any atom is -0.460 e. The number of carbonyl (C=O) groups excluding carboxylic acids is 1. The molecule has 0 radical (unpaired) electrons. The number of aromatic nitrogens is 4. The van der Waals surface area contributed by atoms with E-state index in [4.69, 9.17) is 9.47 Å². The van der Waals surface area contributed by atoms with Crippen molar-refractivity contribution >= 4 is 5.91 Å². The second kappa shape index (κ2) is 6.11. The Morgan fingerprint density at radius 1 is 1.36 bits per heavy atom. The van der Waals surface area contributed by atoms with Crippen molar-refractivity contribution in [2.45, 2.75) is 31.5 Å². The molecule has 1 amide bonds. The quantitative estimate of drug-likeness (QED) is 0.826. The number of aryl methyl sites for hydroxylation is 2. The summed E-state index contributed by atoms with van der Waals surface area (Å²) in [5.41, 5.74) is 1.15. The largest absolute Gasteiger partial charge is 0.460 e. The van der Waals surface area contributed by atoms with Gasteiger partial charge in [0, 0.05) is 38.0 Å². The molecule has 1 spiro atoms. The van der Waals surface area contributed by atoms with Crippen LogP contribution in [0.2, 0.25) is 0 Å². The molecule has 0 unspecified atom stereocenters. The number of hydrogen-bond acceptors (Lipinski definition) is 6. The summed E-state index contributed by atoms with van der Waals surface area (Å²) >= 11 is 0. The normalized spacial score (nSPS) is 21.8. The van der Waals surface area contributed by atoms with Gasteiger partial charge in [0.1, 0.15) is 17.4 Å². The van der Waals surface area contributed by atoms with E-state index in [2.05, 4.69) is 15.1 Å². The summed E-state index contributed by atoms with van der Waals surface area (Å²) in [6.45, 7) is 3.68. The van der Waals surface area contributed by atoms with E-state index in [-0.39, 0.29) is 17.6 Å². The van der Waals surface area contributed by atoms with Crippen LogP contribution in [-0.4, -0.2) is 62.0 Å². The zero-order valence-electron chi connectivity index (χ0n) is 14.4. The predicted octanol–water partition coefficient (Wildman–Crippen LogP) is 0.971. The molecular weight excluding hydrogens is 322 g/mol. The van der Waals surface area contributed by atoms with Crippen LogP contribution in [0, 0.1) is 6.92 Å². The molecule has 1 atom stereocenters. The molecule has 0 aliphatic carbocycles. The highest BCUT2D eigenvalue weighted by Crippen LogP contribution is 2.36. The van der Waals surface area contributed by atoms with Crippen LogP contribution in [0.5, 0.6) is 6.01 Å². The molecule has 8 heteroatoms. The summed E-state index contributed by atoms with van der Waals surface area (Å²) < 4.78 is 13.5. The third kappa shape index (κ3) is 3.09. The van der Waals surface area contributed by atoms with E-state index in [1.807, 2.05) is 13.0 Å². The Labute approximate surface area is 145 Å². The van der Waals surface area contributed by atoms with Gasteiger partial charge < -0.3 is 14.4 Å². The summed E-state index contributed by atoms with van der Waals surface area (Å²) in [7, 11) is 1.77. The molecule has 4 heterocycles. The van der Waals surface area contributed by atoms with Gasteiger partial charge in [-0.15, -0.1) is 0 Å². The van der Waals surface area contributed by atoms with Crippen LogP contribution in [0.4, 0.5) is 0 Å². The average molecular weight is 343 g/mol. The number of nitrogens with zero attached hydrogens (tertiary/aromatic N) is 5. The molecule has 0 N–H and O–H groups in total. The van der Waals surface area contributed by atoms with Crippen molar-refractivity contribution in [3.63, 3.8) is 0 Å². The fourth-order valence-corrected chi connectivity index (χ4v) is 3.47. The van der Waals surface area contributed by atoms with Crippen molar-refractivity contribution in [3.05, 3.63) is 35.9 Å². The molecule has 0 bridgehead atoms. The first-order chi connectivity index (χ1) is 12.0. The van der Waals surface area contributed by atoms with E-state index in [9.17, 15) is 4.79 Å². The van der Waals surface area contributed by atoms with Crippen LogP contribution < -0.4 is 4.74 Å². The fourth-order valence-electron chi connectivity index (χ4n) is 3.47. The van der Waals surface area contributed by atoms with Crippen molar-refractivity contribution in [3.8, 4) is 6.01 Å². The summed E-state index contributed by atoms with van der Waals surface area (Å²) in [6, 6.07) is 3.98. The average Bonchev–Trinajstić information content (AvgIpc) is 2.98. The number of ether oxygens (including phenoxy) is 2. The van der Waals surface area contributed by atoms with Crippen LogP contribution in [0.15, 0.2) is 24.5 Å². The molecule has 2 aromatic rings. The third-order valence-corrected chi connectivity index (χ3v) is 4.78. The molecule has 4 rings (SSSR count). The smallest absolute Gasteiger partial charge is 0.316 e. The van der Waals surface area contributed by atoms with E-state index in [0.717, 1.165) is 18.5 Å². The summed E-state index contributed by atoms with van der Waals surface area (Å²) in [5, 5.41) is 4.05. The number of likely N-dealkylation sites (tertiary alicyclic amines) is 1. The molecule has 8 nitrogen and oxygen atoms in total. The number of rotatable bonds is 3. The maximum absolute atomic E-state index is 12.5. The van der Waals surface area contributed by atoms with Crippen molar-refractivity contribution in [1.29, 1.82) is 0 Å². The standard InChI is InChI=1S/C17H21N5O3/c1-12-3-6-18-16(20-12)25-13-5-8-24-17(9-13)10-22(11-17)15(23)14-4-7-19-21(14)2/h3-4,6-7,13H,5,8-11H2,1-2H3/t13-/m1/s1. The van der Waals surface area contributed by atoms with Crippen LogP contribution in [0.1, 0.15) is 29.0 Å². The van der Waals surface area contributed by atoms with E-state index in [1.165, 1.54) is 0 Å². The van der Waals surface area contributed by atoms with Gasteiger partial charge in [-0.25, -0.2) is 9.97 Å². The Balaban J connectivity index is 1.38. The fraction of sp³-hybridized carbons (Fsp3) is 0.529. The third-order valence-electron chi connectivity index (χ3n) is 4.78. The summed E-state index contributed by atoms with van der Waals surface area (Å²) in [4.78, 5) is 22.8. The van der Waals surface area contributed by atoms with Gasteiger partial charge in [-0.05, 0) is 19.1 Å². The van der Waals surface area contributed by atoms with Gasteiger partial charge in [0.15, 0.2) is 0 Å². The Morgan fingerprint density at radius 2 is 2.20 bits per heavy atom. The zero-order chi connectivity index (χ0) is 17.4. The maximum Gasteiger partial charge on any atom is 0.316 e. The molecule has 2 fully saturated rings. The lowest BCUT2D eigenvalue weighted by molar-refractivity contribution is -0.174. The Morgan fingerprint density at radius 3 is 2.92 bits per heavy atom. The molecule has 0 saturated carbocycles. The second-order valence-corrected chi connectivity index (χ2v) is 6.75. The monoisotopic (exact) mass is 343 g/mol. The van der Waals surface area contributed by atoms with Crippen molar-refractivity contribution in [2.24, 2.45) is 7.05 Å². The van der Waals surface area contributed by atoms with E-state index in [1.54, 1.807) is 35.1 Å². The van der Waals surface area contributed by atoms with Gasteiger partial charge in [0.25, 0.3) is 5.91 Å². The van der Waals surface area contributed by atoms with Gasteiger partial charge in [0.05, 0.1) is 19.7 Å². The first-order valence-electron chi connectivity index (χ1n) is 8.42. The predicted molar refractivity (Wildman–Crippen MR) is 88.2 cm³/mol. The Kier molecular flexibility index (Phi) is 3.91. The van der Waals surface area contributed by atoms with Crippen molar-refractivity contribution in [1.82, 2.24) is 24.6 Å². The van der Waals surface area contributed by atoms with Gasteiger partial charge in [-0.1, -0.05) is 0 Å². The van der Waals surface area contributed by atoms with E-state index >= 15 is 0 Å². The van der Waals surface area contributed by atoms with Crippen LogP contribution >= 0.6 is 0 Å². The number of hydrogen-bond donors (Lipinski definition) is 0. The van der Waals surface area contributed by atoms with Gasteiger partial charge in [-0.3, -0.25) is 9.48 Å². The molecule has 2 aliphatic rings. The van der Waals surface area contributed by atoms with Crippen LogP contribution in [-0.2, 0) is 11.8 Å². The molecule has 25 heavy (non-hydrogen) atoms. The van der Waals surface area contributed by atoms with Crippen molar-refractivity contribution in [2.75, 3.05) is 19.7 Å². The molecule has 2 saturated heterocycles. The van der Waals surface area contributed by atoms with Gasteiger partial charge >= 0.3 is 6.01 Å². The van der Waals surface area contributed by atoms with Crippen LogP contribution in [0.25, 0.3) is 0 Å². The minimum atomic E-state index is -0.318. The maximum atomic E-state index is 12.5. The van der Waals surface area contributed by atoms with E-state index in [0.29, 0.717) is 31.4 Å². The first kappa shape index (κ1) is 16.0. The SMILES string of the molecule is Cc1ccnc(O[C@@H]2CCOC3(C2)CN(C(=O)c2ccnn2C)C3)n1. The topological polar surface area (TPSA) is 82.4 Å². The molecule has 2 aromatic heterocycles. The number of carbonyl (C=O) groups is 1. The Bertz CT molecular complexity index is 784. The molecule has 0 aromatic carbocycles. The summed E-state index contributed by atoms with van der Waals surface area (Å²) in [6.07, 6.45) is 4.87. The molecule has 132 valence electrons. The first-order valence-corrected chi connectivity index (χ1v) is 8.42. The lowest BCUT2D eigenvalue weighted by atomic mass is 9.84. The summed E-state index contributed by atoms with van der Waals surface area (Å²) in [5.74, 6) is -0.0146. The molecule has 2 aliphatic heterocycles. The highest BCUT2D eigenvalue weighted by Gasteiger charge is 2.50. The second-order valence-electron chi connectivity index (χ2n) is 6.75.